The molecule has 0 aromatic heterocycles. The smallest absolute Gasteiger partial charge is 0.122 e. The molecule has 0 aliphatic heterocycles. The van der Waals surface area contributed by atoms with Gasteiger partial charge in [0.1, 0.15) is 5.75 Å². The number of methoxy groups -OCH3 is 1. The van der Waals surface area contributed by atoms with Gasteiger partial charge >= 0.3 is 0 Å². The van der Waals surface area contributed by atoms with Crippen LogP contribution in [0.2, 0.25) is 0 Å². The van der Waals surface area contributed by atoms with E-state index in [0.29, 0.717) is 6.54 Å². The first-order chi connectivity index (χ1) is 9.69. The minimum atomic E-state index is -0.688. The van der Waals surface area contributed by atoms with Crippen molar-refractivity contribution in [3.8, 4) is 5.75 Å². The van der Waals surface area contributed by atoms with Crippen LogP contribution in [0.25, 0.3) is 0 Å². The van der Waals surface area contributed by atoms with E-state index in [4.69, 9.17) is 10.5 Å². The normalized spacial score (nSPS) is 13.8. The van der Waals surface area contributed by atoms with Crippen LogP contribution in [0.3, 0.4) is 0 Å². The van der Waals surface area contributed by atoms with Crippen LogP contribution in [-0.4, -0.2) is 18.8 Å². The maximum Gasteiger partial charge on any atom is 0.122 e. The second-order valence-electron chi connectivity index (χ2n) is 4.55. The maximum atomic E-state index is 10.7. The summed E-state index contributed by atoms with van der Waals surface area (Å²) in [4.78, 5) is 0. The summed E-state index contributed by atoms with van der Waals surface area (Å²) in [5, 5.41) is 10.7. The summed E-state index contributed by atoms with van der Waals surface area (Å²) in [7, 11) is 1.62. The Hall–Kier alpha value is -1.36. The number of ether oxygens (including phenoxy) is 1. The number of halogens is 1. The summed E-state index contributed by atoms with van der Waals surface area (Å²) in [6, 6.07) is 15.3. The lowest BCUT2D eigenvalue weighted by Gasteiger charge is -2.24. The van der Waals surface area contributed by atoms with Gasteiger partial charge < -0.3 is 15.6 Å². The second kappa shape index (κ2) is 6.88. The van der Waals surface area contributed by atoms with Crippen LogP contribution in [0, 0.1) is 0 Å². The predicted molar refractivity (Wildman–Crippen MR) is 83.9 cm³/mol. The predicted octanol–water partition coefficient (Wildman–Crippen LogP) is 3.23. The van der Waals surface area contributed by atoms with E-state index in [2.05, 4.69) is 15.9 Å². The van der Waals surface area contributed by atoms with Crippen LogP contribution in [0.1, 0.15) is 23.1 Å². The average Bonchev–Trinajstić information content (AvgIpc) is 2.49. The van der Waals surface area contributed by atoms with Crippen molar-refractivity contribution in [2.75, 3.05) is 13.7 Å². The summed E-state index contributed by atoms with van der Waals surface area (Å²) in [5.74, 6) is 0.527. The van der Waals surface area contributed by atoms with Crippen molar-refractivity contribution in [2.24, 2.45) is 5.73 Å². The Bertz CT molecular complexity index is 574. The molecule has 2 atom stereocenters. The molecule has 3 N–H and O–H groups in total. The minimum Gasteiger partial charge on any atom is -0.496 e. The fourth-order valence-corrected chi connectivity index (χ4v) is 2.85. The zero-order chi connectivity index (χ0) is 14.5. The number of aliphatic hydroxyl groups excluding tert-OH is 1. The third kappa shape index (κ3) is 3.03. The highest BCUT2D eigenvalue weighted by molar-refractivity contribution is 9.10. The van der Waals surface area contributed by atoms with E-state index in [1.165, 1.54) is 0 Å². The Morgan fingerprint density at radius 1 is 1.10 bits per heavy atom. The highest BCUT2D eigenvalue weighted by atomic mass is 79.9. The number of benzene rings is 2. The van der Waals surface area contributed by atoms with E-state index in [1.807, 2.05) is 48.5 Å². The van der Waals surface area contributed by atoms with E-state index >= 15 is 0 Å². The third-order valence-corrected chi connectivity index (χ3v) is 4.12. The Balaban J connectivity index is 2.40. The number of rotatable bonds is 5. The number of nitrogens with two attached hydrogens (primary N) is 1. The van der Waals surface area contributed by atoms with E-state index < -0.39 is 6.10 Å². The lowest BCUT2D eigenvalue weighted by Crippen LogP contribution is -2.21. The molecular formula is C16H18BrNO2. The van der Waals surface area contributed by atoms with Gasteiger partial charge in [0.05, 0.1) is 13.2 Å². The van der Waals surface area contributed by atoms with Gasteiger partial charge in [-0.25, -0.2) is 0 Å². The first-order valence-electron chi connectivity index (χ1n) is 6.44. The van der Waals surface area contributed by atoms with Gasteiger partial charge in [-0.3, -0.25) is 0 Å². The molecule has 0 fully saturated rings. The fraction of sp³-hybridized carbons (Fsp3) is 0.250. The van der Waals surface area contributed by atoms with Gasteiger partial charge in [0, 0.05) is 22.5 Å². The summed E-state index contributed by atoms with van der Waals surface area (Å²) in [6.45, 7) is 0.336. The summed E-state index contributed by atoms with van der Waals surface area (Å²) in [6.07, 6.45) is -0.688. The van der Waals surface area contributed by atoms with Gasteiger partial charge in [0.15, 0.2) is 0 Å². The Labute approximate surface area is 127 Å². The van der Waals surface area contributed by atoms with Crippen molar-refractivity contribution in [1.29, 1.82) is 0 Å². The van der Waals surface area contributed by atoms with Crippen molar-refractivity contribution < 1.29 is 9.84 Å². The lowest BCUT2D eigenvalue weighted by molar-refractivity contribution is 0.145. The topological polar surface area (TPSA) is 55.5 Å². The van der Waals surface area contributed by atoms with Crippen molar-refractivity contribution >= 4 is 15.9 Å². The van der Waals surface area contributed by atoms with E-state index in [9.17, 15) is 5.11 Å². The van der Waals surface area contributed by atoms with Crippen LogP contribution in [-0.2, 0) is 0 Å². The summed E-state index contributed by atoms with van der Waals surface area (Å²) in [5.41, 5.74) is 7.63. The van der Waals surface area contributed by atoms with Crippen LogP contribution in [0.5, 0.6) is 5.75 Å². The molecule has 0 amide bonds. The maximum absolute atomic E-state index is 10.7. The highest BCUT2D eigenvalue weighted by Crippen LogP contribution is 2.37. The second-order valence-corrected chi connectivity index (χ2v) is 5.40. The van der Waals surface area contributed by atoms with E-state index in [-0.39, 0.29) is 5.92 Å². The molecule has 2 unspecified atom stereocenters. The lowest BCUT2D eigenvalue weighted by atomic mass is 9.88. The summed E-state index contributed by atoms with van der Waals surface area (Å²) < 4.78 is 6.24. The SMILES string of the molecule is COc1ccccc1C(CN)C(O)c1ccccc1Br. The Morgan fingerprint density at radius 2 is 1.70 bits per heavy atom. The molecular weight excluding hydrogens is 318 g/mol. The van der Waals surface area contributed by atoms with Gasteiger partial charge in [-0.15, -0.1) is 0 Å². The van der Waals surface area contributed by atoms with Gasteiger partial charge in [-0.05, 0) is 17.7 Å². The first-order valence-corrected chi connectivity index (χ1v) is 7.23. The molecule has 20 heavy (non-hydrogen) atoms. The quantitative estimate of drug-likeness (QED) is 0.881. The first kappa shape index (κ1) is 15.0. The molecule has 0 radical (unpaired) electrons. The molecule has 0 spiro atoms. The molecule has 106 valence electrons. The standard InChI is InChI=1S/C16H18BrNO2/c1-20-15-9-5-3-6-11(15)13(10-18)16(19)12-7-2-4-8-14(12)17/h2-9,13,16,19H,10,18H2,1H3. The number of hydrogen-bond acceptors (Lipinski definition) is 3. The zero-order valence-corrected chi connectivity index (χ0v) is 12.9. The zero-order valence-electron chi connectivity index (χ0n) is 11.3. The molecule has 4 heteroatoms. The van der Waals surface area contributed by atoms with Crippen LogP contribution < -0.4 is 10.5 Å². The third-order valence-electron chi connectivity index (χ3n) is 3.40. The summed E-state index contributed by atoms with van der Waals surface area (Å²) >= 11 is 3.47. The van der Waals surface area contributed by atoms with Crippen LogP contribution in [0.4, 0.5) is 0 Å². The Kier molecular flexibility index (Phi) is 5.17. The van der Waals surface area contributed by atoms with Crippen molar-refractivity contribution in [3.63, 3.8) is 0 Å². The molecule has 2 aromatic carbocycles. The highest BCUT2D eigenvalue weighted by Gasteiger charge is 2.25. The number of para-hydroxylation sites is 1. The molecule has 0 saturated heterocycles. The van der Waals surface area contributed by atoms with Crippen molar-refractivity contribution in [3.05, 3.63) is 64.1 Å². The molecule has 0 saturated carbocycles. The van der Waals surface area contributed by atoms with E-state index in [1.54, 1.807) is 7.11 Å². The van der Waals surface area contributed by atoms with Gasteiger partial charge in [-0.1, -0.05) is 52.3 Å². The minimum absolute atomic E-state index is 0.218. The fourth-order valence-electron chi connectivity index (χ4n) is 2.33. The van der Waals surface area contributed by atoms with Gasteiger partial charge in [0.2, 0.25) is 0 Å². The molecule has 0 aliphatic carbocycles. The molecule has 0 heterocycles. The average molecular weight is 336 g/mol. The van der Waals surface area contributed by atoms with Crippen molar-refractivity contribution in [1.82, 2.24) is 0 Å². The largest absolute Gasteiger partial charge is 0.496 e. The van der Waals surface area contributed by atoms with Gasteiger partial charge in [-0.2, -0.15) is 0 Å². The molecule has 2 rings (SSSR count). The molecule has 3 nitrogen and oxygen atoms in total. The monoisotopic (exact) mass is 335 g/mol. The molecule has 2 aromatic rings. The number of aliphatic hydroxyl groups is 1. The van der Waals surface area contributed by atoms with Crippen LogP contribution >= 0.6 is 15.9 Å². The number of hydrogen-bond donors (Lipinski definition) is 2. The van der Waals surface area contributed by atoms with Crippen LogP contribution in [0.15, 0.2) is 53.0 Å². The molecule has 0 bridgehead atoms. The van der Waals surface area contributed by atoms with E-state index in [0.717, 1.165) is 21.3 Å². The Morgan fingerprint density at radius 3 is 2.30 bits per heavy atom. The molecule has 0 aliphatic rings. The van der Waals surface area contributed by atoms with Crippen molar-refractivity contribution in [2.45, 2.75) is 12.0 Å². The van der Waals surface area contributed by atoms with Gasteiger partial charge in [0.25, 0.3) is 0 Å².